The third-order valence-corrected chi connectivity index (χ3v) is 3.11. The van der Waals surface area contributed by atoms with Gasteiger partial charge in [-0.3, -0.25) is 0 Å². The van der Waals surface area contributed by atoms with E-state index in [2.05, 4.69) is 62.1 Å². The van der Waals surface area contributed by atoms with E-state index in [-0.39, 0.29) is 0 Å². The monoisotopic (exact) mass is 240 g/mol. The van der Waals surface area contributed by atoms with E-state index < -0.39 is 0 Å². The maximum atomic E-state index is 4.77. The highest BCUT2D eigenvalue weighted by Gasteiger charge is 2.07. The van der Waals surface area contributed by atoms with E-state index in [1.54, 1.807) is 0 Å². The van der Waals surface area contributed by atoms with Gasteiger partial charge in [0.05, 0.1) is 5.69 Å². The normalized spacial score (nSPS) is 10.4. The number of benzene rings is 1. The lowest BCUT2D eigenvalue weighted by atomic mass is 10.1. The largest absolute Gasteiger partial charge is 0.357 e. The van der Waals surface area contributed by atoms with E-state index >= 15 is 0 Å². The predicted octanol–water partition coefficient (Wildman–Crippen LogP) is 3.90. The van der Waals surface area contributed by atoms with Crippen LogP contribution < -0.4 is 4.90 Å². The van der Waals surface area contributed by atoms with Crippen LogP contribution in [-0.4, -0.2) is 18.1 Å². The number of nitrogens with zero attached hydrogens (tertiary/aromatic N) is 2. The fraction of sp³-hybridized carbons (Fsp3) is 0.312. The molecule has 0 amide bonds. The first kappa shape index (κ1) is 12.6. The summed E-state index contributed by atoms with van der Waals surface area (Å²) in [5, 5.41) is 0. The molecule has 1 aromatic carbocycles. The van der Waals surface area contributed by atoms with E-state index in [9.17, 15) is 0 Å². The first-order valence-corrected chi connectivity index (χ1v) is 6.53. The van der Waals surface area contributed by atoms with Crippen molar-refractivity contribution < 1.29 is 0 Å². The van der Waals surface area contributed by atoms with Crippen molar-refractivity contribution in [2.45, 2.75) is 20.8 Å². The quantitative estimate of drug-likeness (QED) is 0.805. The molecule has 0 aliphatic heterocycles. The third-order valence-electron chi connectivity index (χ3n) is 3.11. The Balaban J connectivity index is 2.44. The van der Waals surface area contributed by atoms with Gasteiger partial charge < -0.3 is 4.90 Å². The number of pyridine rings is 1. The second-order valence-electron chi connectivity index (χ2n) is 4.43. The Labute approximate surface area is 109 Å². The molecule has 0 aliphatic carbocycles. The average Bonchev–Trinajstić information content (AvgIpc) is 2.40. The molecule has 1 heterocycles. The van der Waals surface area contributed by atoms with Crippen LogP contribution in [0.25, 0.3) is 11.3 Å². The van der Waals surface area contributed by atoms with Crippen molar-refractivity contribution in [3.05, 3.63) is 48.0 Å². The molecule has 0 N–H and O–H groups in total. The van der Waals surface area contributed by atoms with Crippen LogP contribution in [0.1, 0.15) is 19.4 Å². The van der Waals surface area contributed by atoms with Crippen molar-refractivity contribution in [2.75, 3.05) is 18.0 Å². The average molecular weight is 240 g/mol. The van der Waals surface area contributed by atoms with Crippen LogP contribution in [0.3, 0.4) is 0 Å². The lowest BCUT2D eigenvalue weighted by molar-refractivity contribution is 0.846. The molecule has 2 nitrogen and oxygen atoms in total. The van der Waals surface area contributed by atoms with E-state index in [4.69, 9.17) is 4.98 Å². The van der Waals surface area contributed by atoms with Crippen LogP contribution in [0.4, 0.5) is 5.82 Å². The Morgan fingerprint density at radius 1 is 1.00 bits per heavy atom. The van der Waals surface area contributed by atoms with Gasteiger partial charge in [-0.25, -0.2) is 4.98 Å². The highest BCUT2D eigenvalue weighted by molar-refractivity contribution is 5.62. The second-order valence-corrected chi connectivity index (χ2v) is 4.43. The zero-order chi connectivity index (χ0) is 13.0. The van der Waals surface area contributed by atoms with Crippen LogP contribution in [0, 0.1) is 6.92 Å². The zero-order valence-electron chi connectivity index (χ0n) is 11.4. The van der Waals surface area contributed by atoms with E-state index in [0.29, 0.717) is 0 Å². The van der Waals surface area contributed by atoms with Gasteiger partial charge in [0.1, 0.15) is 5.82 Å². The van der Waals surface area contributed by atoms with Crippen LogP contribution in [-0.2, 0) is 0 Å². The molecule has 94 valence electrons. The third kappa shape index (κ3) is 2.70. The van der Waals surface area contributed by atoms with E-state index in [1.807, 2.05) is 6.07 Å². The molecule has 1 aromatic heterocycles. The lowest BCUT2D eigenvalue weighted by Crippen LogP contribution is -2.23. The summed E-state index contributed by atoms with van der Waals surface area (Å²) >= 11 is 0. The first-order chi connectivity index (χ1) is 8.74. The lowest BCUT2D eigenvalue weighted by Gasteiger charge is -2.21. The zero-order valence-corrected chi connectivity index (χ0v) is 11.4. The molecule has 0 aliphatic rings. The summed E-state index contributed by atoms with van der Waals surface area (Å²) in [7, 11) is 0. The number of hydrogen-bond acceptors (Lipinski definition) is 2. The molecular weight excluding hydrogens is 220 g/mol. The fourth-order valence-corrected chi connectivity index (χ4v) is 2.12. The number of hydrogen-bond donors (Lipinski definition) is 0. The molecule has 0 atom stereocenters. The summed E-state index contributed by atoms with van der Waals surface area (Å²) in [6.45, 7) is 8.43. The highest BCUT2D eigenvalue weighted by Crippen LogP contribution is 2.22. The van der Waals surface area contributed by atoms with Crippen LogP contribution in [0.5, 0.6) is 0 Å². The van der Waals surface area contributed by atoms with Gasteiger partial charge in [-0.15, -0.1) is 0 Å². The molecule has 0 fully saturated rings. The predicted molar refractivity (Wildman–Crippen MR) is 78.0 cm³/mol. The van der Waals surface area contributed by atoms with Crippen molar-refractivity contribution in [3.8, 4) is 11.3 Å². The smallest absolute Gasteiger partial charge is 0.129 e. The number of rotatable bonds is 4. The Morgan fingerprint density at radius 3 is 2.28 bits per heavy atom. The van der Waals surface area contributed by atoms with Gasteiger partial charge in [-0.1, -0.05) is 30.3 Å². The fourth-order valence-electron chi connectivity index (χ4n) is 2.12. The molecule has 18 heavy (non-hydrogen) atoms. The van der Waals surface area contributed by atoms with Gasteiger partial charge >= 0.3 is 0 Å². The molecule has 0 unspecified atom stereocenters. The molecule has 2 rings (SSSR count). The molecule has 0 saturated heterocycles. The molecule has 0 spiro atoms. The molecule has 0 bridgehead atoms. The van der Waals surface area contributed by atoms with E-state index in [0.717, 1.165) is 24.6 Å². The summed E-state index contributed by atoms with van der Waals surface area (Å²) in [5.74, 6) is 1.07. The standard InChI is InChI=1S/C16H20N2/c1-4-18(5-2)16-12-13(3)11-15(17-16)14-9-7-6-8-10-14/h6-12H,4-5H2,1-3H3. The maximum Gasteiger partial charge on any atom is 0.129 e. The van der Waals surface area contributed by atoms with Crippen LogP contribution >= 0.6 is 0 Å². The van der Waals surface area contributed by atoms with Crippen molar-refractivity contribution in [2.24, 2.45) is 0 Å². The van der Waals surface area contributed by atoms with Crippen molar-refractivity contribution in [3.63, 3.8) is 0 Å². The van der Waals surface area contributed by atoms with Gasteiger partial charge in [-0.05, 0) is 38.5 Å². The van der Waals surface area contributed by atoms with Gasteiger partial charge in [0.25, 0.3) is 0 Å². The van der Waals surface area contributed by atoms with Crippen molar-refractivity contribution in [1.29, 1.82) is 0 Å². The minimum Gasteiger partial charge on any atom is -0.357 e. The van der Waals surface area contributed by atoms with Gasteiger partial charge in [0, 0.05) is 18.7 Å². The second kappa shape index (κ2) is 5.67. The summed E-state index contributed by atoms with van der Waals surface area (Å²) in [6.07, 6.45) is 0. The van der Waals surface area contributed by atoms with Gasteiger partial charge in [-0.2, -0.15) is 0 Å². The number of anilines is 1. The highest BCUT2D eigenvalue weighted by atomic mass is 15.2. The van der Waals surface area contributed by atoms with Gasteiger partial charge in [0.2, 0.25) is 0 Å². The summed E-state index contributed by atoms with van der Waals surface area (Å²) in [6, 6.07) is 14.6. The number of aryl methyl sites for hydroxylation is 1. The topological polar surface area (TPSA) is 16.1 Å². The summed E-state index contributed by atoms with van der Waals surface area (Å²) < 4.78 is 0. The Bertz CT molecular complexity index is 502. The Kier molecular flexibility index (Phi) is 3.98. The van der Waals surface area contributed by atoms with Crippen molar-refractivity contribution in [1.82, 2.24) is 4.98 Å². The molecule has 2 aromatic rings. The van der Waals surface area contributed by atoms with E-state index in [1.165, 1.54) is 11.1 Å². The van der Waals surface area contributed by atoms with Crippen LogP contribution in [0.2, 0.25) is 0 Å². The van der Waals surface area contributed by atoms with Crippen molar-refractivity contribution >= 4 is 5.82 Å². The summed E-state index contributed by atoms with van der Waals surface area (Å²) in [5.41, 5.74) is 3.48. The maximum absolute atomic E-state index is 4.77. The Morgan fingerprint density at radius 2 is 1.67 bits per heavy atom. The molecule has 0 saturated carbocycles. The minimum atomic E-state index is 0.987. The Hall–Kier alpha value is -1.83. The molecular formula is C16H20N2. The summed E-state index contributed by atoms with van der Waals surface area (Å²) in [4.78, 5) is 7.05. The van der Waals surface area contributed by atoms with Crippen LogP contribution in [0.15, 0.2) is 42.5 Å². The minimum absolute atomic E-state index is 0.987. The molecule has 0 radical (unpaired) electrons. The first-order valence-electron chi connectivity index (χ1n) is 6.53. The number of aromatic nitrogens is 1. The SMILES string of the molecule is CCN(CC)c1cc(C)cc(-c2ccccc2)n1. The van der Waals surface area contributed by atoms with Gasteiger partial charge in [0.15, 0.2) is 0 Å². The molecule has 2 heteroatoms.